The Hall–Kier alpha value is -1.72. The number of aryl methyl sites for hydroxylation is 1. The monoisotopic (exact) mass is 291 g/mol. The van der Waals surface area contributed by atoms with E-state index in [1.54, 1.807) is 7.11 Å². The maximum atomic E-state index is 12.0. The second-order valence-electron chi connectivity index (χ2n) is 4.95. The summed E-state index contributed by atoms with van der Waals surface area (Å²) in [6, 6.07) is 5.62. The first-order valence-corrected chi connectivity index (χ1v) is 7.24. The third-order valence-electron chi connectivity index (χ3n) is 3.54. The smallest absolute Gasteiger partial charge is 0.299 e. The second kappa shape index (κ2) is 7.33. The third kappa shape index (κ3) is 3.49. The minimum Gasteiger partial charge on any atom is -0.385 e. The van der Waals surface area contributed by atoms with Gasteiger partial charge in [-0.3, -0.25) is 9.59 Å². The van der Waals surface area contributed by atoms with Crippen molar-refractivity contribution < 1.29 is 19.1 Å². The van der Waals surface area contributed by atoms with Crippen molar-refractivity contribution in [3.63, 3.8) is 0 Å². The van der Waals surface area contributed by atoms with Crippen molar-refractivity contribution >= 4 is 17.4 Å². The van der Waals surface area contributed by atoms with E-state index >= 15 is 0 Å². The lowest BCUT2D eigenvalue weighted by Crippen LogP contribution is -2.32. The molecule has 1 amide bonds. The van der Waals surface area contributed by atoms with Crippen LogP contribution < -0.4 is 4.90 Å². The average molecular weight is 291 g/mol. The molecular formula is C16H21NO4. The molecule has 21 heavy (non-hydrogen) atoms. The van der Waals surface area contributed by atoms with Crippen LogP contribution in [0.1, 0.15) is 29.3 Å². The van der Waals surface area contributed by atoms with Crippen LogP contribution in [-0.4, -0.2) is 45.2 Å². The molecule has 2 rings (SSSR count). The minimum atomic E-state index is -0.459. The molecule has 0 N–H and O–H groups in total. The van der Waals surface area contributed by atoms with Crippen molar-refractivity contribution in [3.05, 3.63) is 29.3 Å². The Bertz CT molecular complexity index is 527. The number of rotatable bonds is 8. The fraction of sp³-hybridized carbons (Fsp3) is 0.500. The Labute approximate surface area is 124 Å². The standard InChI is InChI=1S/C16H21NO4/c1-3-12-5-6-14-13(11-12)15(18)16(19)17(14)7-10-21-9-4-8-20-2/h5-6,11H,3-4,7-10H2,1-2H3. The van der Waals surface area contributed by atoms with Gasteiger partial charge < -0.3 is 14.4 Å². The topological polar surface area (TPSA) is 55.8 Å². The molecule has 0 saturated heterocycles. The van der Waals surface area contributed by atoms with Crippen LogP contribution in [0, 0.1) is 0 Å². The molecule has 1 aliphatic rings. The number of hydrogen-bond acceptors (Lipinski definition) is 4. The highest BCUT2D eigenvalue weighted by molar-refractivity contribution is 6.52. The Kier molecular flexibility index (Phi) is 5.47. The third-order valence-corrected chi connectivity index (χ3v) is 3.54. The summed E-state index contributed by atoms with van der Waals surface area (Å²) in [6.07, 6.45) is 1.66. The molecule has 0 aromatic heterocycles. The maximum absolute atomic E-state index is 12.0. The summed E-state index contributed by atoms with van der Waals surface area (Å²) in [5, 5.41) is 0. The molecule has 1 aliphatic heterocycles. The van der Waals surface area contributed by atoms with Crippen molar-refractivity contribution in [2.45, 2.75) is 19.8 Å². The fourth-order valence-electron chi connectivity index (χ4n) is 2.35. The molecule has 0 bridgehead atoms. The van der Waals surface area contributed by atoms with Crippen LogP contribution in [0.5, 0.6) is 0 Å². The number of amides is 1. The Morgan fingerprint density at radius 2 is 1.95 bits per heavy atom. The zero-order valence-electron chi connectivity index (χ0n) is 12.6. The Morgan fingerprint density at radius 1 is 1.14 bits per heavy atom. The van der Waals surface area contributed by atoms with Gasteiger partial charge in [-0.1, -0.05) is 13.0 Å². The van der Waals surface area contributed by atoms with Crippen LogP contribution >= 0.6 is 0 Å². The number of hydrogen-bond donors (Lipinski definition) is 0. The molecule has 0 aliphatic carbocycles. The van der Waals surface area contributed by atoms with E-state index in [0.717, 1.165) is 18.4 Å². The fourth-order valence-corrected chi connectivity index (χ4v) is 2.35. The van der Waals surface area contributed by atoms with Crippen molar-refractivity contribution in [2.24, 2.45) is 0 Å². The van der Waals surface area contributed by atoms with Gasteiger partial charge in [0, 0.05) is 26.9 Å². The zero-order valence-corrected chi connectivity index (χ0v) is 12.6. The summed E-state index contributed by atoms with van der Waals surface area (Å²) in [5.74, 6) is -0.876. The van der Waals surface area contributed by atoms with Gasteiger partial charge in [0.25, 0.3) is 11.7 Å². The van der Waals surface area contributed by atoms with Gasteiger partial charge in [-0.25, -0.2) is 0 Å². The highest BCUT2D eigenvalue weighted by atomic mass is 16.5. The van der Waals surface area contributed by atoms with Crippen LogP contribution in [0.15, 0.2) is 18.2 Å². The number of fused-ring (bicyclic) bond motifs is 1. The highest BCUT2D eigenvalue weighted by Crippen LogP contribution is 2.29. The van der Waals surface area contributed by atoms with Crippen molar-refractivity contribution in [1.82, 2.24) is 0 Å². The van der Waals surface area contributed by atoms with E-state index in [-0.39, 0.29) is 0 Å². The molecule has 0 spiro atoms. The first-order chi connectivity index (χ1) is 10.2. The van der Waals surface area contributed by atoms with E-state index in [0.29, 0.717) is 37.6 Å². The summed E-state index contributed by atoms with van der Waals surface area (Å²) < 4.78 is 10.4. The lowest BCUT2D eigenvalue weighted by atomic mass is 10.1. The van der Waals surface area contributed by atoms with E-state index in [4.69, 9.17) is 9.47 Å². The Morgan fingerprint density at radius 3 is 2.67 bits per heavy atom. The lowest BCUT2D eigenvalue weighted by Gasteiger charge is -2.16. The van der Waals surface area contributed by atoms with E-state index < -0.39 is 11.7 Å². The molecule has 5 heteroatoms. The SMILES string of the molecule is CCc1ccc2c(c1)C(=O)C(=O)N2CCOCCCOC. The quantitative estimate of drug-likeness (QED) is 0.541. The molecule has 0 atom stereocenters. The summed E-state index contributed by atoms with van der Waals surface area (Å²) in [5.41, 5.74) is 2.27. The van der Waals surface area contributed by atoms with Gasteiger partial charge >= 0.3 is 0 Å². The molecule has 0 saturated carbocycles. The summed E-state index contributed by atoms with van der Waals surface area (Å²) in [6.45, 7) is 4.08. The number of anilines is 1. The largest absolute Gasteiger partial charge is 0.385 e. The van der Waals surface area contributed by atoms with E-state index in [2.05, 4.69) is 0 Å². The number of nitrogens with zero attached hydrogens (tertiary/aromatic N) is 1. The van der Waals surface area contributed by atoms with Gasteiger partial charge in [0.2, 0.25) is 0 Å². The maximum Gasteiger partial charge on any atom is 0.299 e. The number of benzene rings is 1. The molecule has 0 radical (unpaired) electrons. The van der Waals surface area contributed by atoms with E-state index in [1.165, 1.54) is 4.90 Å². The van der Waals surface area contributed by atoms with Crippen molar-refractivity contribution in [2.75, 3.05) is 38.4 Å². The van der Waals surface area contributed by atoms with Crippen molar-refractivity contribution in [3.8, 4) is 0 Å². The van der Waals surface area contributed by atoms with Crippen LogP contribution in [0.3, 0.4) is 0 Å². The second-order valence-corrected chi connectivity index (χ2v) is 4.95. The predicted octanol–water partition coefficient (Wildman–Crippen LogP) is 1.83. The highest BCUT2D eigenvalue weighted by Gasteiger charge is 2.35. The molecule has 0 unspecified atom stereocenters. The molecule has 5 nitrogen and oxygen atoms in total. The summed E-state index contributed by atoms with van der Waals surface area (Å²) >= 11 is 0. The molecule has 0 fully saturated rings. The van der Waals surface area contributed by atoms with Gasteiger partial charge in [0.05, 0.1) is 17.9 Å². The lowest BCUT2D eigenvalue weighted by molar-refractivity contribution is -0.114. The molecule has 1 aromatic carbocycles. The van der Waals surface area contributed by atoms with Crippen LogP contribution in [-0.2, 0) is 20.7 Å². The number of methoxy groups -OCH3 is 1. The van der Waals surface area contributed by atoms with E-state index in [1.807, 2.05) is 25.1 Å². The van der Waals surface area contributed by atoms with Gasteiger partial charge in [-0.15, -0.1) is 0 Å². The van der Waals surface area contributed by atoms with Crippen LogP contribution in [0.4, 0.5) is 5.69 Å². The van der Waals surface area contributed by atoms with Gasteiger partial charge in [-0.2, -0.15) is 0 Å². The van der Waals surface area contributed by atoms with E-state index in [9.17, 15) is 9.59 Å². The summed E-state index contributed by atoms with van der Waals surface area (Å²) in [4.78, 5) is 25.5. The van der Waals surface area contributed by atoms with Gasteiger partial charge in [0.1, 0.15) is 0 Å². The molecule has 1 aromatic rings. The number of carbonyl (C=O) groups excluding carboxylic acids is 2. The normalized spacial score (nSPS) is 13.9. The molecule has 114 valence electrons. The first-order valence-electron chi connectivity index (χ1n) is 7.24. The van der Waals surface area contributed by atoms with Gasteiger partial charge in [-0.05, 0) is 30.5 Å². The predicted molar refractivity (Wildman–Crippen MR) is 79.8 cm³/mol. The number of ether oxygens (including phenoxy) is 2. The van der Waals surface area contributed by atoms with Crippen molar-refractivity contribution in [1.29, 1.82) is 0 Å². The Balaban J connectivity index is 1.96. The first kappa shape index (κ1) is 15.7. The number of carbonyl (C=O) groups is 2. The van der Waals surface area contributed by atoms with Gasteiger partial charge in [0.15, 0.2) is 0 Å². The zero-order chi connectivity index (χ0) is 15.2. The minimum absolute atomic E-state index is 0.399. The summed E-state index contributed by atoms with van der Waals surface area (Å²) in [7, 11) is 1.65. The number of Topliss-reactive ketones (excluding diaryl/α,β-unsaturated/α-hetero) is 1. The molecular weight excluding hydrogens is 270 g/mol. The molecule has 1 heterocycles. The van der Waals surface area contributed by atoms with Crippen LogP contribution in [0.25, 0.3) is 0 Å². The number of ketones is 1. The average Bonchev–Trinajstić information content (AvgIpc) is 2.75. The van der Waals surface area contributed by atoms with Crippen LogP contribution in [0.2, 0.25) is 0 Å².